The third kappa shape index (κ3) is 3.40. The molecule has 0 unspecified atom stereocenters. The fourth-order valence-corrected chi connectivity index (χ4v) is 4.01. The molecule has 0 aliphatic carbocycles. The van der Waals surface area contributed by atoms with Gasteiger partial charge in [0.25, 0.3) is 11.6 Å². The molecule has 0 radical (unpaired) electrons. The average molecular weight is 393 g/mol. The molecule has 0 spiro atoms. The fraction of sp³-hybridized carbons (Fsp3) is 0.188. The second kappa shape index (κ2) is 6.72. The summed E-state index contributed by atoms with van der Waals surface area (Å²) in [6, 6.07) is 13.7. The third-order valence-electron chi connectivity index (χ3n) is 3.61. The summed E-state index contributed by atoms with van der Waals surface area (Å²) >= 11 is 4.98. The normalized spacial score (nSPS) is 17.3. The number of amides is 1. The van der Waals surface area contributed by atoms with Crippen molar-refractivity contribution in [2.24, 2.45) is 0 Å². The highest BCUT2D eigenvalue weighted by Gasteiger charge is 2.31. The van der Waals surface area contributed by atoms with Crippen LogP contribution in [-0.4, -0.2) is 28.0 Å². The summed E-state index contributed by atoms with van der Waals surface area (Å²) in [5.74, 6) is 0.759. The molecule has 1 amide bonds. The lowest BCUT2D eigenvalue weighted by Gasteiger charge is -2.24. The molecule has 3 rings (SSSR count). The quantitative estimate of drug-likeness (QED) is 0.578. The lowest BCUT2D eigenvalue weighted by atomic mass is 10.1. The highest BCUT2D eigenvalue weighted by atomic mass is 79.9. The van der Waals surface area contributed by atoms with Crippen molar-refractivity contribution in [1.29, 1.82) is 0 Å². The molecule has 1 heterocycles. The van der Waals surface area contributed by atoms with Gasteiger partial charge < -0.3 is 4.90 Å². The van der Waals surface area contributed by atoms with Gasteiger partial charge in [0.15, 0.2) is 0 Å². The van der Waals surface area contributed by atoms with Crippen molar-refractivity contribution in [3.63, 3.8) is 0 Å². The summed E-state index contributed by atoms with van der Waals surface area (Å²) < 4.78 is 0.917. The van der Waals surface area contributed by atoms with Crippen LogP contribution in [0.3, 0.4) is 0 Å². The Kier molecular flexibility index (Phi) is 4.68. The maximum absolute atomic E-state index is 12.7. The van der Waals surface area contributed by atoms with Crippen molar-refractivity contribution in [1.82, 2.24) is 4.90 Å². The van der Waals surface area contributed by atoms with Crippen LogP contribution in [0.5, 0.6) is 0 Å². The number of nitro benzene ring substituents is 1. The van der Waals surface area contributed by atoms with Gasteiger partial charge in [0.1, 0.15) is 5.37 Å². The van der Waals surface area contributed by atoms with Crippen LogP contribution < -0.4 is 0 Å². The van der Waals surface area contributed by atoms with Crippen molar-refractivity contribution in [2.75, 3.05) is 12.3 Å². The average Bonchev–Trinajstić information content (AvgIpc) is 3.04. The maximum atomic E-state index is 12.7. The molecule has 0 saturated carbocycles. The van der Waals surface area contributed by atoms with Crippen molar-refractivity contribution in [3.8, 4) is 0 Å². The van der Waals surface area contributed by atoms with Crippen molar-refractivity contribution in [3.05, 3.63) is 74.2 Å². The topological polar surface area (TPSA) is 63.5 Å². The number of non-ortho nitro benzene ring substituents is 1. The molecular weight excluding hydrogens is 380 g/mol. The van der Waals surface area contributed by atoms with Crippen LogP contribution in [0.15, 0.2) is 53.0 Å². The summed E-state index contributed by atoms with van der Waals surface area (Å²) in [5.41, 5.74) is 1.45. The van der Waals surface area contributed by atoms with Gasteiger partial charge in [0, 0.05) is 34.5 Å². The molecular formula is C16H13BrN2O3S. The van der Waals surface area contributed by atoms with Crippen LogP contribution in [0.4, 0.5) is 5.69 Å². The summed E-state index contributed by atoms with van der Waals surface area (Å²) in [6.45, 7) is 0.632. The molecule has 1 aliphatic heterocycles. The Bertz CT molecular complexity index is 751. The molecule has 7 heteroatoms. The van der Waals surface area contributed by atoms with Crippen LogP contribution in [-0.2, 0) is 0 Å². The first kappa shape index (κ1) is 16.0. The second-order valence-electron chi connectivity index (χ2n) is 5.08. The van der Waals surface area contributed by atoms with Crippen molar-refractivity contribution >= 4 is 39.3 Å². The first-order chi connectivity index (χ1) is 11.1. The zero-order valence-electron chi connectivity index (χ0n) is 12.0. The standard InChI is InChI=1S/C16H13BrN2O3S/c17-13-6-4-11(5-7-13)15(20)18-8-9-23-16(18)12-2-1-3-14(10-12)19(21)22/h1-7,10,16H,8-9H2/t16-/m0/s1. The van der Waals surface area contributed by atoms with Gasteiger partial charge in [-0.25, -0.2) is 0 Å². The van der Waals surface area contributed by atoms with E-state index in [4.69, 9.17) is 0 Å². The summed E-state index contributed by atoms with van der Waals surface area (Å²) in [6.07, 6.45) is 0. The minimum atomic E-state index is -0.413. The zero-order chi connectivity index (χ0) is 16.4. The number of halogens is 1. The minimum Gasteiger partial charge on any atom is -0.322 e. The molecule has 1 aliphatic rings. The second-order valence-corrected chi connectivity index (χ2v) is 7.18. The van der Waals surface area contributed by atoms with Gasteiger partial charge in [-0.15, -0.1) is 11.8 Å². The van der Waals surface area contributed by atoms with Gasteiger partial charge in [-0.05, 0) is 29.8 Å². The molecule has 2 aromatic carbocycles. The van der Waals surface area contributed by atoms with Crippen LogP contribution in [0.2, 0.25) is 0 Å². The number of nitro groups is 1. The van der Waals surface area contributed by atoms with Crippen molar-refractivity contribution < 1.29 is 9.72 Å². The fourth-order valence-electron chi connectivity index (χ4n) is 2.50. The molecule has 0 N–H and O–H groups in total. The molecule has 1 fully saturated rings. The Labute approximate surface area is 146 Å². The molecule has 23 heavy (non-hydrogen) atoms. The third-order valence-corrected chi connectivity index (χ3v) is 5.40. The minimum absolute atomic E-state index is 0.0473. The Morgan fingerprint density at radius 1 is 1.26 bits per heavy atom. The number of benzene rings is 2. The molecule has 1 saturated heterocycles. The van der Waals surface area contributed by atoms with Crippen molar-refractivity contribution in [2.45, 2.75) is 5.37 Å². The lowest BCUT2D eigenvalue weighted by molar-refractivity contribution is -0.384. The van der Waals surface area contributed by atoms with E-state index in [1.807, 2.05) is 18.2 Å². The Morgan fingerprint density at radius 2 is 2.00 bits per heavy atom. The summed E-state index contributed by atoms with van der Waals surface area (Å²) in [7, 11) is 0. The predicted octanol–water partition coefficient (Wildman–Crippen LogP) is 4.25. The van der Waals surface area contributed by atoms with E-state index in [1.165, 1.54) is 6.07 Å². The number of carbonyl (C=O) groups is 1. The van der Waals surface area contributed by atoms with E-state index in [-0.39, 0.29) is 17.0 Å². The van der Waals surface area contributed by atoms with Crippen LogP contribution in [0.1, 0.15) is 21.3 Å². The highest BCUT2D eigenvalue weighted by Crippen LogP contribution is 2.39. The van der Waals surface area contributed by atoms with Crippen LogP contribution >= 0.6 is 27.7 Å². The predicted molar refractivity (Wildman–Crippen MR) is 93.5 cm³/mol. The van der Waals surface area contributed by atoms with Gasteiger partial charge >= 0.3 is 0 Å². The molecule has 0 bridgehead atoms. The number of nitrogens with zero attached hydrogens (tertiary/aromatic N) is 2. The van der Waals surface area contributed by atoms with E-state index >= 15 is 0 Å². The van der Waals surface area contributed by atoms with Gasteiger partial charge in [-0.1, -0.05) is 28.1 Å². The number of hydrogen-bond donors (Lipinski definition) is 0. The maximum Gasteiger partial charge on any atom is 0.269 e. The van der Waals surface area contributed by atoms with E-state index in [0.717, 1.165) is 15.8 Å². The Balaban J connectivity index is 1.88. The van der Waals surface area contributed by atoms with Crippen LogP contribution in [0, 0.1) is 10.1 Å². The first-order valence-electron chi connectivity index (χ1n) is 6.99. The van der Waals surface area contributed by atoms with Gasteiger partial charge in [-0.2, -0.15) is 0 Å². The molecule has 0 aromatic heterocycles. The Morgan fingerprint density at radius 3 is 2.70 bits per heavy atom. The van der Waals surface area contributed by atoms with E-state index in [0.29, 0.717) is 12.1 Å². The van der Waals surface area contributed by atoms with E-state index in [1.54, 1.807) is 40.9 Å². The Hall–Kier alpha value is -1.86. The number of carbonyl (C=O) groups excluding carboxylic acids is 1. The van der Waals surface area contributed by atoms with Gasteiger partial charge in [0.05, 0.1) is 4.92 Å². The van der Waals surface area contributed by atoms with Crippen LogP contribution in [0.25, 0.3) is 0 Å². The molecule has 1 atom stereocenters. The molecule has 2 aromatic rings. The largest absolute Gasteiger partial charge is 0.322 e. The zero-order valence-corrected chi connectivity index (χ0v) is 14.4. The van der Waals surface area contributed by atoms with E-state index in [2.05, 4.69) is 15.9 Å². The number of thioether (sulfide) groups is 1. The molecule has 118 valence electrons. The van der Waals surface area contributed by atoms with E-state index in [9.17, 15) is 14.9 Å². The smallest absolute Gasteiger partial charge is 0.269 e. The SMILES string of the molecule is O=C(c1ccc(Br)cc1)N1CCS[C@H]1c1cccc([N+](=O)[O-])c1. The summed E-state index contributed by atoms with van der Waals surface area (Å²) in [4.78, 5) is 25.0. The number of rotatable bonds is 3. The highest BCUT2D eigenvalue weighted by molar-refractivity contribution is 9.10. The van der Waals surface area contributed by atoms with E-state index < -0.39 is 4.92 Å². The summed E-state index contributed by atoms with van der Waals surface area (Å²) in [5, 5.41) is 10.8. The monoisotopic (exact) mass is 392 g/mol. The lowest BCUT2D eigenvalue weighted by Crippen LogP contribution is -2.30. The molecule has 5 nitrogen and oxygen atoms in total. The number of hydrogen-bond acceptors (Lipinski definition) is 4. The van der Waals surface area contributed by atoms with Gasteiger partial charge in [0.2, 0.25) is 0 Å². The van der Waals surface area contributed by atoms with Gasteiger partial charge in [-0.3, -0.25) is 14.9 Å². The first-order valence-corrected chi connectivity index (χ1v) is 8.83.